The van der Waals surface area contributed by atoms with Gasteiger partial charge in [0.15, 0.2) is 0 Å². The number of aliphatic carboxylic acids is 1. The van der Waals surface area contributed by atoms with Crippen LogP contribution in [-0.2, 0) is 4.79 Å². The van der Waals surface area contributed by atoms with Crippen molar-refractivity contribution >= 4 is 12.0 Å². The third-order valence-electron chi connectivity index (χ3n) is 3.27. The van der Waals surface area contributed by atoms with Crippen LogP contribution < -0.4 is 10.6 Å². The number of rotatable bonds is 4. The first-order valence-corrected chi connectivity index (χ1v) is 6.40. The van der Waals surface area contributed by atoms with Gasteiger partial charge in [-0.3, -0.25) is 0 Å². The molecule has 2 amide bonds. The number of carbonyl (C=O) groups is 2. The van der Waals surface area contributed by atoms with Crippen LogP contribution >= 0.6 is 0 Å². The van der Waals surface area contributed by atoms with Crippen molar-refractivity contribution in [1.82, 2.24) is 10.6 Å². The van der Waals surface area contributed by atoms with E-state index in [-0.39, 0.29) is 0 Å². The molecule has 5 heteroatoms. The maximum Gasteiger partial charge on any atom is 0.329 e. The first kappa shape index (κ1) is 14.5. The molecule has 0 bridgehead atoms. The van der Waals surface area contributed by atoms with Gasteiger partial charge in [0, 0.05) is 6.54 Å². The summed E-state index contributed by atoms with van der Waals surface area (Å²) in [5.41, 5.74) is -0.272. The molecular formula is C13H22N2O3. The Morgan fingerprint density at radius 3 is 2.22 bits per heavy atom. The lowest BCUT2D eigenvalue weighted by molar-refractivity contribution is -0.145. The summed E-state index contributed by atoms with van der Waals surface area (Å²) in [7, 11) is 0. The Kier molecular flexibility index (Phi) is 5.19. The molecule has 1 saturated carbocycles. The van der Waals surface area contributed by atoms with E-state index in [0.717, 1.165) is 31.3 Å². The topological polar surface area (TPSA) is 78.4 Å². The summed E-state index contributed by atoms with van der Waals surface area (Å²) >= 11 is 0. The van der Waals surface area contributed by atoms with Crippen molar-refractivity contribution in [1.29, 1.82) is 0 Å². The molecule has 18 heavy (non-hydrogen) atoms. The van der Waals surface area contributed by atoms with E-state index in [2.05, 4.69) is 17.2 Å². The van der Waals surface area contributed by atoms with Crippen molar-refractivity contribution in [3.05, 3.63) is 12.2 Å². The highest BCUT2D eigenvalue weighted by Crippen LogP contribution is 2.27. The van der Waals surface area contributed by atoms with Gasteiger partial charge in [-0.1, -0.05) is 37.8 Å². The number of carbonyl (C=O) groups excluding carboxylic acids is 1. The largest absolute Gasteiger partial charge is 0.480 e. The highest BCUT2D eigenvalue weighted by molar-refractivity contribution is 5.86. The average Bonchev–Trinajstić information content (AvgIpc) is 2.53. The second-order valence-electron chi connectivity index (χ2n) is 5.07. The van der Waals surface area contributed by atoms with Gasteiger partial charge < -0.3 is 15.7 Å². The molecule has 5 nitrogen and oxygen atoms in total. The lowest BCUT2D eigenvalue weighted by Crippen LogP contribution is -2.57. The molecule has 102 valence electrons. The number of nitrogens with one attached hydrogen (secondary N) is 2. The maximum absolute atomic E-state index is 11.7. The van der Waals surface area contributed by atoms with Crippen LogP contribution in [0.15, 0.2) is 12.2 Å². The molecule has 0 unspecified atom stereocenters. The van der Waals surface area contributed by atoms with Crippen LogP contribution in [0.3, 0.4) is 0 Å². The van der Waals surface area contributed by atoms with E-state index in [1.54, 1.807) is 6.92 Å². The average molecular weight is 254 g/mol. The molecule has 1 rings (SSSR count). The van der Waals surface area contributed by atoms with Crippen LogP contribution in [0.2, 0.25) is 0 Å². The first-order valence-electron chi connectivity index (χ1n) is 6.40. The Balaban J connectivity index is 2.64. The first-order chi connectivity index (χ1) is 8.46. The van der Waals surface area contributed by atoms with Crippen molar-refractivity contribution in [2.75, 3.05) is 6.54 Å². The summed E-state index contributed by atoms with van der Waals surface area (Å²) in [5.74, 6) is -0.935. The lowest BCUT2D eigenvalue weighted by atomic mass is 9.90. The summed E-state index contributed by atoms with van der Waals surface area (Å²) in [5, 5.41) is 14.6. The Hall–Kier alpha value is -1.52. The minimum absolute atomic E-state index is 0.363. The molecule has 0 atom stereocenters. The fraction of sp³-hybridized carbons (Fsp3) is 0.692. The predicted molar refractivity (Wildman–Crippen MR) is 69.4 cm³/mol. The van der Waals surface area contributed by atoms with Crippen LogP contribution in [0.5, 0.6) is 0 Å². The third kappa shape index (κ3) is 4.05. The third-order valence-corrected chi connectivity index (χ3v) is 3.27. The summed E-state index contributed by atoms with van der Waals surface area (Å²) in [6.07, 6.45) is 4.75. The fourth-order valence-corrected chi connectivity index (χ4v) is 2.22. The molecule has 1 aliphatic carbocycles. The molecule has 0 heterocycles. The summed E-state index contributed by atoms with van der Waals surface area (Å²) in [4.78, 5) is 23.2. The van der Waals surface area contributed by atoms with Crippen molar-refractivity contribution in [3.8, 4) is 0 Å². The van der Waals surface area contributed by atoms with E-state index in [0.29, 0.717) is 19.4 Å². The predicted octanol–water partition coefficient (Wildman–Crippen LogP) is 2.04. The highest BCUT2D eigenvalue weighted by Gasteiger charge is 2.39. The van der Waals surface area contributed by atoms with Gasteiger partial charge in [-0.2, -0.15) is 0 Å². The Labute approximate surface area is 108 Å². The molecule has 0 aromatic rings. The molecule has 0 spiro atoms. The van der Waals surface area contributed by atoms with E-state index in [9.17, 15) is 14.7 Å². The monoisotopic (exact) mass is 254 g/mol. The number of carboxylic acids is 1. The number of carboxylic acid groups (broad SMARTS) is 1. The van der Waals surface area contributed by atoms with Gasteiger partial charge in [0.2, 0.25) is 0 Å². The van der Waals surface area contributed by atoms with Crippen LogP contribution in [-0.4, -0.2) is 29.2 Å². The van der Waals surface area contributed by atoms with E-state index in [4.69, 9.17) is 0 Å². The van der Waals surface area contributed by atoms with Gasteiger partial charge >= 0.3 is 12.0 Å². The van der Waals surface area contributed by atoms with Crippen molar-refractivity contribution in [2.45, 2.75) is 51.0 Å². The molecule has 0 radical (unpaired) electrons. The maximum atomic E-state index is 11.7. The zero-order chi connectivity index (χ0) is 13.6. The summed E-state index contributed by atoms with van der Waals surface area (Å²) in [6.45, 7) is 5.85. The number of amides is 2. The lowest BCUT2D eigenvalue weighted by Gasteiger charge is -2.29. The Morgan fingerprint density at radius 2 is 1.78 bits per heavy atom. The second-order valence-corrected chi connectivity index (χ2v) is 5.07. The molecule has 0 aromatic carbocycles. The zero-order valence-corrected chi connectivity index (χ0v) is 10.9. The van der Waals surface area contributed by atoms with Crippen molar-refractivity contribution in [2.24, 2.45) is 0 Å². The smallest absolute Gasteiger partial charge is 0.329 e. The summed E-state index contributed by atoms with van der Waals surface area (Å²) < 4.78 is 0. The van der Waals surface area contributed by atoms with E-state index < -0.39 is 17.5 Å². The molecule has 1 aliphatic rings. The van der Waals surface area contributed by atoms with Crippen molar-refractivity contribution < 1.29 is 14.7 Å². The number of hydrogen-bond acceptors (Lipinski definition) is 2. The minimum Gasteiger partial charge on any atom is -0.480 e. The zero-order valence-electron chi connectivity index (χ0n) is 10.9. The second kappa shape index (κ2) is 6.42. The normalized spacial score (nSPS) is 18.5. The van der Waals surface area contributed by atoms with E-state index in [1.807, 2.05) is 0 Å². The van der Waals surface area contributed by atoms with E-state index >= 15 is 0 Å². The minimum atomic E-state index is -1.10. The number of hydrogen-bond donors (Lipinski definition) is 3. The molecule has 1 fully saturated rings. The highest BCUT2D eigenvalue weighted by atomic mass is 16.4. The van der Waals surface area contributed by atoms with E-state index in [1.165, 1.54) is 0 Å². The SMILES string of the molecule is C=C(C)CNC(=O)NC1(C(=O)O)CCCCCC1. The van der Waals surface area contributed by atoms with Gasteiger partial charge in [-0.05, 0) is 19.8 Å². The summed E-state index contributed by atoms with van der Waals surface area (Å²) in [6, 6.07) is -0.428. The quantitative estimate of drug-likeness (QED) is 0.530. The van der Waals surface area contributed by atoms with Crippen LogP contribution in [0.4, 0.5) is 4.79 Å². The van der Waals surface area contributed by atoms with Gasteiger partial charge in [0.1, 0.15) is 5.54 Å². The molecule has 3 N–H and O–H groups in total. The molecule has 0 aromatic heterocycles. The number of urea groups is 1. The van der Waals surface area contributed by atoms with Gasteiger partial charge in [0.05, 0.1) is 0 Å². The van der Waals surface area contributed by atoms with Gasteiger partial charge in [0.25, 0.3) is 0 Å². The molecular weight excluding hydrogens is 232 g/mol. The Bertz CT molecular complexity index is 331. The van der Waals surface area contributed by atoms with Crippen molar-refractivity contribution in [3.63, 3.8) is 0 Å². The molecule has 0 saturated heterocycles. The standard InChI is InChI=1S/C13H22N2O3/c1-10(2)9-14-12(18)15-13(11(16)17)7-5-3-4-6-8-13/h1,3-9H2,2H3,(H,16,17)(H2,14,15,18). The Morgan fingerprint density at radius 1 is 1.22 bits per heavy atom. The molecule has 0 aliphatic heterocycles. The van der Waals surface area contributed by atoms with Crippen LogP contribution in [0, 0.1) is 0 Å². The van der Waals surface area contributed by atoms with Gasteiger partial charge in [-0.15, -0.1) is 0 Å². The van der Waals surface area contributed by atoms with Crippen LogP contribution in [0.1, 0.15) is 45.4 Å². The van der Waals surface area contributed by atoms with Crippen LogP contribution in [0.25, 0.3) is 0 Å². The fourth-order valence-electron chi connectivity index (χ4n) is 2.22. The van der Waals surface area contributed by atoms with Gasteiger partial charge in [-0.25, -0.2) is 9.59 Å².